The molecule has 8 heteroatoms. The van der Waals surface area contributed by atoms with Crippen molar-refractivity contribution in [1.29, 1.82) is 0 Å². The lowest BCUT2D eigenvalue weighted by Gasteiger charge is -2.24. The molecule has 0 saturated carbocycles. The van der Waals surface area contributed by atoms with Crippen molar-refractivity contribution in [1.82, 2.24) is 0 Å². The monoisotopic (exact) mass is 374 g/mol. The van der Waals surface area contributed by atoms with E-state index in [2.05, 4.69) is 25.4 Å². The van der Waals surface area contributed by atoms with Crippen LogP contribution in [0.4, 0.5) is 8.78 Å². The van der Waals surface area contributed by atoms with E-state index >= 15 is 0 Å². The minimum absolute atomic E-state index is 0.0339. The molecule has 0 fully saturated rings. The highest BCUT2D eigenvalue weighted by Gasteiger charge is 2.50. The maximum absolute atomic E-state index is 13.0. The number of ether oxygens (including phenoxy) is 3. The Hall–Kier alpha value is -2.09. The minimum Gasteiger partial charge on any atom is -0.504 e. The Kier molecular flexibility index (Phi) is 3.36. The van der Waals surface area contributed by atoms with Gasteiger partial charge in [-0.1, -0.05) is 34.1 Å². The van der Waals surface area contributed by atoms with Crippen LogP contribution in [-0.4, -0.2) is 21.7 Å². The molecule has 5 nitrogen and oxygen atoms in total. The predicted molar refractivity (Wildman–Crippen MR) is 73.3 cm³/mol. The second-order valence-corrected chi connectivity index (χ2v) is 6.10. The molecule has 0 amide bonds. The molecular weight excluding hydrogens is 366 g/mol. The third-order valence-corrected chi connectivity index (χ3v) is 3.94. The van der Waals surface area contributed by atoms with E-state index in [-0.39, 0.29) is 29.4 Å². The minimum atomic E-state index is -3.74. The Bertz CT molecular complexity index is 700. The number of carbonyl (C=O) groups is 1. The van der Waals surface area contributed by atoms with Crippen molar-refractivity contribution in [3.63, 3.8) is 0 Å². The normalized spacial score (nSPS) is 25.2. The van der Waals surface area contributed by atoms with Crippen LogP contribution in [0.5, 0.6) is 11.5 Å². The highest BCUT2D eigenvalue weighted by molar-refractivity contribution is 9.10. The number of allylic oxidation sites excluding steroid dienone is 2. The van der Waals surface area contributed by atoms with Crippen molar-refractivity contribution in [2.24, 2.45) is 0 Å². The Morgan fingerprint density at radius 2 is 2.05 bits per heavy atom. The molecule has 1 aliphatic heterocycles. The molecule has 2 aliphatic rings. The molecule has 1 unspecified atom stereocenters. The van der Waals surface area contributed by atoms with E-state index < -0.39 is 16.6 Å². The SMILES string of the molecule is O=C(Oc1ccccc1O)C1(Br)C=CC2=C(C1)OC(F)(F)O2. The number of alkyl halides is 3. The van der Waals surface area contributed by atoms with Gasteiger partial charge in [0.1, 0.15) is 4.32 Å². The number of halogens is 3. The molecule has 1 aromatic rings. The van der Waals surface area contributed by atoms with Gasteiger partial charge in [-0.3, -0.25) is 0 Å². The maximum Gasteiger partial charge on any atom is 0.585 e. The van der Waals surface area contributed by atoms with Gasteiger partial charge in [0.15, 0.2) is 23.0 Å². The van der Waals surface area contributed by atoms with E-state index in [1.165, 1.54) is 24.3 Å². The van der Waals surface area contributed by atoms with Crippen LogP contribution in [0, 0.1) is 0 Å². The van der Waals surface area contributed by atoms with E-state index in [4.69, 9.17) is 4.74 Å². The quantitative estimate of drug-likeness (QED) is 0.489. The van der Waals surface area contributed by atoms with E-state index in [9.17, 15) is 18.7 Å². The van der Waals surface area contributed by atoms with Gasteiger partial charge in [0.25, 0.3) is 0 Å². The molecule has 0 spiro atoms. The number of esters is 1. The molecule has 0 radical (unpaired) electrons. The van der Waals surface area contributed by atoms with Gasteiger partial charge in [-0.2, -0.15) is 0 Å². The van der Waals surface area contributed by atoms with Crippen LogP contribution in [-0.2, 0) is 14.3 Å². The second-order valence-electron chi connectivity index (χ2n) is 4.68. The van der Waals surface area contributed by atoms with Crippen LogP contribution in [0.15, 0.2) is 47.9 Å². The summed E-state index contributed by atoms with van der Waals surface area (Å²) >= 11 is 3.16. The summed E-state index contributed by atoms with van der Waals surface area (Å²) < 4.78 is 38.4. The Morgan fingerprint density at radius 3 is 2.77 bits per heavy atom. The summed E-state index contributed by atoms with van der Waals surface area (Å²) in [5, 5.41) is 9.60. The van der Waals surface area contributed by atoms with Gasteiger partial charge in [-0.25, -0.2) is 4.79 Å². The number of para-hydroxylation sites is 2. The standard InChI is InChI=1S/C14H9BrF2O5/c15-13(12(19)20-9-4-2-1-3-8(9)18)6-5-10-11(7-13)22-14(16,17)21-10/h1-6,18H,7H2. The van der Waals surface area contributed by atoms with Crippen LogP contribution in [0.1, 0.15) is 6.42 Å². The van der Waals surface area contributed by atoms with Gasteiger partial charge >= 0.3 is 12.3 Å². The highest BCUT2D eigenvalue weighted by atomic mass is 79.9. The molecule has 1 N–H and O–H groups in total. The van der Waals surface area contributed by atoms with Crippen LogP contribution in [0.3, 0.4) is 0 Å². The smallest absolute Gasteiger partial charge is 0.504 e. The summed E-state index contributed by atoms with van der Waals surface area (Å²) in [5.74, 6) is -1.31. The molecule has 1 aliphatic carbocycles. The molecule has 1 heterocycles. The Morgan fingerprint density at radius 1 is 1.32 bits per heavy atom. The third kappa shape index (κ3) is 2.66. The number of phenolic OH excluding ortho intramolecular Hbond substituents is 1. The van der Waals surface area contributed by atoms with Crippen molar-refractivity contribution in [3.05, 3.63) is 47.9 Å². The van der Waals surface area contributed by atoms with Gasteiger partial charge in [0.2, 0.25) is 0 Å². The van der Waals surface area contributed by atoms with Crippen molar-refractivity contribution < 1.29 is 32.9 Å². The van der Waals surface area contributed by atoms with Gasteiger partial charge in [0, 0.05) is 6.42 Å². The summed E-state index contributed by atoms with van der Waals surface area (Å²) in [6, 6.07) is 5.91. The summed E-state index contributed by atoms with van der Waals surface area (Å²) in [5.41, 5.74) is 0. The van der Waals surface area contributed by atoms with Gasteiger partial charge in [0.05, 0.1) is 0 Å². The number of hydrogen-bond donors (Lipinski definition) is 1. The first-order chi connectivity index (χ1) is 10.3. The van der Waals surface area contributed by atoms with Crippen LogP contribution < -0.4 is 4.74 Å². The van der Waals surface area contributed by atoms with E-state index in [0.717, 1.165) is 0 Å². The predicted octanol–water partition coefficient (Wildman–Crippen LogP) is 3.20. The van der Waals surface area contributed by atoms with Gasteiger partial charge in [-0.05, 0) is 18.2 Å². The lowest BCUT2D eigenvalue weighted by molar-refractivity contribution is -0.336. The van der Waals surface area contributed by atoms with Crippen molar-refractivity contribution in [2.45, 2.75) is 17.0 Å². The molecule has 116 valence electrons. The summed E-state index contributed by atoms with van der Waals surface area (Å²) in [4.78, 5) is 12.3. The first-order valence-electron chi connectivity index (χ1n) is 6.16. The largest absolute Gasteiger partial charge is 0.585 e. The van der Waals surface area contributed by atoms with Gasteiger partial charge < -0.3 is 19.3 Å². The molecular formula is C14H9BrF2O5. The fraction of sp³-hybridized carbons (Fsp3) is 0.214. The number of aromatic hydroxyl groups is 1. The first kappa shape index (κ1) is 14.8. The Balaban J connectivity index is 1.77. The zero-order valence-electron chi connectivity index (χ0n) is 10.9. The number of hydrogen-bond acceptors (Lipinski definition) is 5. The number of rotatable bonds is 2. The number of carbonyl (C=O) groups excluding carboxylic acids is 1. The fourth-order valence-electron chi connectivity index (χ4n) is 2.02. The molecule has 22 heavy (non-hydrogen) atoms. The highest BCUT2D eigenvalue weighted by Crippen LogP contribution is 2.44. The average molecular weight is 375 g/mol. The lowest BCUT2D eigenvalue weighted by Crippen LogP contribution is -2.36. The van der Waals surface area contributed by atoms with E-state index in [1.807, 2.05) is 0 Å². The van der Waals surface area contributed by atoms with Crippen molar-refractivity contribution in [3.8, 4) is 11.5 Å². The summed E-state index contributed by atoms with van der Waals surface area (Å²) in [7, 11) is 0. The van der Waals surface area contributed by atoms with Crippen LogP contribution in [0.25, 0.3) is 0 Å². The van der Waals surface area contributed by atoms with Gasteiger partial charge in [-0.15, -0.1) is 8.78 Å². The van der Waals surface area contributed by atoms with Crippen molar-refractivity contribution in [2.75, 3.05) is 0 Å². The average Bonchev–Trinajstić information content (AvgIpc) is 2.74. The summed E-state index contributed by atoms with van der Waals surface area (Å²) in [6.45, 7) is 0. The van der Waals surface area contributed by atoms with Crippen molar-refractivity contribution >= 4 is 21.9 Å². The maximum atomic E-state index is 13.0. The summed E-state index contributed by atoms with van der Waals surface area (Å²) in [6.07, 6.45) is -1.41. The zero-order valence-corrected chi connectivity index (χ0v) is 12.5. The molecule has 1 atom stereocenters. The number of phenols is 1. The van der Waals surface area contributed by atoms with Crippen LogP contribution in [0.2, 0.25) is 0 Å². The zero-order chi connectivity index (χ0) is 16.0. The molecule has 3 rings (SSSR count). The topological polar surface area (TPSA) is 65.0 Å². The van der Waals surface area contributed by atoms with E-state index in [1.54, 1.807) is 12.1 Å². The van der Waals surface area contributed by atoms with Crippen LogP contribution >= 0.6 is 15.9 Å². The number of benzene rings is 1. The molecule has 0 saturated heterocycles. The fourth-order valence-corrected chi connectivity index (χ4v) is 2.49. The molecule has 0 bridgehead atoms. The molecule has 1 aromatic carbocycles. The second kappa shape index (κ2) is 4.98. The molecule has 0 aromatic heterocycles. The van der Waals surface area contributed by atoms with E-state index in [0.29, 0.717) is 0 Å². The first-order valence-corrected chi connectivity index (χ1v) is 6.96. The lowest BCUT2D eigenvalue weighted by atomic mass is 9.98. The Labute approximate surface area is 131 Å². The third-order valence-electron chi connectivity index (χ3n) is 3.07.